The third kappa shape index (κ3) is 9.21. The molecule has 0 radical (unpaired) electrons. The number of rotatable bonds is 7. The number of amides is 2. The maximum Gasteiger partial charge on any atom is 0.234 e. The van der Waals surface area contributed by atoms with E-state index in [9.17, 15) is 9.59 Å². The number of hydrogen-bond donors (Lipinski definition) is 3. The third-order valence-corrected chi connectivity index (χ3v) is 1.76. The molecule has 15 heavy (non-hydrogen) atoms. The third-order valence-electron chi connectivity index (χ3n) is 1.76. The molecule has 2 amide bonds. The van der Waals surface area contributed by atoms with Gasteiger partial charge in [0.1, 0.15) is 0 Å². The van der Waals surface area contributed by atoms with Gasteiger partial charge in [-0.1, -0.05) is 20.8 Å². The molecular formula is C10H21N3O2. The van der Waals surface area contributed by atoms with Crippen molar-refractivity contribution in [1.82, 2.24) is 16.0 Å². The summed E-state index contributed by atoms with van der Waals surface area (Å²) in [5, 5.41) is 8.39. The van der Waals surface area contributed by atoms with E-state index in [1.807, 2.05) is 13.8 Å². The lowest BCUT2D eigenvalue weighted by atomic mass is 10.4. The molecule has 0 bridgehead atoms. The molecule has 5 heteroatoms. The predicted octanol–water partition coefficient (Wildman–Crippen LogP) is -0.373. The lowest BCUT2D eigenvalue weighted by Crippen LogP contribution is -2.40. The maximum atomic E-state index is 11.2. The van der Waals surface area contributed by atoms with E-state index in [0.29, 0.717) is 32.1 Å². The van der Waals surface area contributed by atoms with Crippen molar-refractivity contribution in [2.75, 3.05) is 19.6 Å². The summed E-state index contributed by atoms with van der Waals surface area (Å²) in [5.74, 6) is -0.0426. The molecule has 3 N–H and O–H groups in total. The highest BCUT2D eigenvalue weighted by Gasteiger charge is 2.01. The van der Waals surface area contributed by atoms with Crippen molar-refractivity contribution in [3.8, 4) is 0 Å². The first-order valence-electron chi connectivity index (χ1n) is 5.33. The topological polar surface area (TPSA) is 70.2 Å². The summed E-state index contributed by atoms with van der Waals surface area (Å²) >= 11 is 0. The van der Waals surface area contributed by atoms with E-state index >= 15 is 0 Å². The molecule has 0 aromatic heterocycles. The first kappa shape index (κ1) is 13.9. The maximum absolute atomic E-state index is 11.2. The monoisotopic (exact) mass is 215 g/mol. The molecule has 0 aliphatic carbocycles. The first-order valence-corrected chi connectivity index (χ1v) is 5.33. The van der Waals surface area contributed by atoms with E-state index in [2.05, 4.69) is 16.0 Å². The lowest BCUT2D eigenvalue weighted by molar-refractivity contribution is -0.122. The van der Waals surface area contributed by atoms with Gasteiger partial charge in [0.15, 0.2) is 0 Å². The molecular weight excluding hydrogens is 194 g/mol. The minimum absolute atomic E-state index is 0.00422. The summed E-state index contributed by atoms with van der Waals surface area (Å²) in [6, 6.07) is 0.301. The van der Waals surface area contributed by atoms with Gasteiger partial charge >= 0.3 is 0 Å². The summed E-state index contributed by atoms with van der Waals surface area (Å²) < 4.78 is 0. The molecule has 0 aliphatic heterocycles. The Morgan fingerprint density at radius 3 is 2.07 bits per heavy atom. The molecule has 88 valence electrons. The SMILES string of the molecule is CCC(=O)NCCNC(=O)CNC(C)C. The fourth-order valence-electron chi connectivity index (χ4n) is 0.888. The second-order valence-corrected chi connectivity index (χ2v) is 3.59. The fraction of sp³-hybridized carbons (Fsp3) is 0.800. The number of carbonyl (C=O) groups is 2. The molecule has 0 aromatic carbocycles. The van der Waals surface area contributed by atoms with Crippen LogP contribution in [0.3, 0.4) is 0 Å². The van der Waals surface area contributed by atoms with Crippen LogP contribution in [0.1, 0.15) is 27.2 Å². The average Bonchev–Trinajstić information content (AvgIpc) is 2.21. The van der Waals surface area contributed by atoms with Gasteiger partial charge < -0.3 is 16.0 Å². The van der Waals surface area contributed by atoms with E-state index in [4.69, 9.17) is 0 Å². The summed E-state index contributed by atoms with van der Waals surface area (Å²) in [6.45, 7) is 7.04. The smallest absolute Gasteiger partial charge is 0.234 e. The van der Waals surface area contributed by atoms with Gasteiger partial charge in [0.25, 0.3) is 0 Å². The Labute approximate surface area is 91.0 Å². The van der Waals surface area contributed by atoms with Gasteiger partial charge in [-0.05, 0) is 0 Å². The van der Waals surface area contributed by atoms with Crippen LogP contribution in [0.4, 0.5) is 0 Å². The van der Waals surface area contributed by atoms with Crippen LogP contribution >= 0.6 is 0 Å². The summed E-state index contributed by atoms with van der Waals surface area (Å²) in [6.07, 6.45) is 0.475. The van der Waals surface area contributed by atoms with Crippen LogP contribution in [0.15, 0.2) is 0 Å². The zero-order valence-corrected chi connectivity index (χ0v) is 9.72. The number of carbonyl (C=O) groups excluding carboxylic acids is 2. The molecule has 5 nitrogen and oxygen atoms in total. The van der Waals surface area contributed by atoms with Gasteiger partial charge in [0, 0.05) is 25.6 Å². The molecule has 0 aromatic rings. The zero-order chi connectivity index (χ0) is 11.7. The molecule has 0 atom stereocenters. The van der Waals surface area contributed by atoms with Crippen LogP contribution in [-0.2, 0) is 9.59 Å². The van der Waals surface area contributed by atoms with Crippen LogP contribution in [0.5, 0.6) is 0 Å². The van der Waals surface area contributed by atoms with Gasteiger partial charge in [0.05, 0.1) is 6.54 Å². The summed E-state index contributed by atoms with van der Waals surface area (Å²) in [5.41, 5.74) is 0. The van der Waals surface area contributed by atoms with Crippen molar-refractivity contribution >= 4 is 11.8 Å². The Kier molecular flexibility index (Phi) is 7.62. The predicted molar refractivity (Wildman–Crippen MR) is 59.4 cm³/mol. The molecule has 0 spiro atoms. The van der Waals surface area contributed by atoms with Gasteiger partial charge in [0.2, 0.25) is 11.8 Å². The summed E-state index contributed by atoms with van der Waals surface area (Å²) in [4.78, 5) is 22.0. The van der Waals surface area contributed by atoms with E-state index in [0.717, 1.165) is 0 Å². The molecule has 0 saturated carbocycles. The second-order valence-electron chi connectivity index (χ2n) is 3.59. The van der Waals surface area contributed by atoms with Gasteiger partial charge in [-0.25, -0.2) is 0 Å². The number of hydrogen-bond acceptors (Lipinski definition) is 3. The molecule has 0 rings (SSSR count). The van der Waals surface area contributed by atoms with Crippen molar-refractivity contribution < 1.29 is 9.59 Å². The van der Waals surface area contributed by atoms with Crippen molar-refractivity contribution in [2.24, 2.45) is 0 Å². The molecule has 0 unspecified atom stereocenters. The minimum atomic E-state index is -0.0468. The van der Waals surface area contributed by atoms with Crippen molar-refractivity contribution in [2.45, 2.75) is 33.2 Å². The van der Waals surface area contributed by atoms with E-state index in [1.165, 1.54) is 0 Å². The second kappa shape index (κ2) is 8.23. The highest BCUT2D eigenvalue weighted by molar-refractivity contribution is 5.78. The number of nitrogens with one attached hydrogen (secondary N) is 3. The summed E-state index contributed by atoms with van der Waals surface area (Å²) in [7, 11) is 0. The van der Waals surface area contributed by atoms with Crippen LogP contribution in [-0.4, -0.2) is 37.5 Å². The molecule has 0 saturated heterocycles. The molecule has 0 heterocycles. The molecule has 0 aliphatic rings. The van der Waals surface area contributed by atoms with Crippen LogP contribution in [0, 0.1) is 0 Å². The Balaban J connectivity index is 3.35. The van der Waals surface area contributed by atoms with Gasteiger partial charge in [-0.2, -0.15) is 0 Å². The minimum Gasteiger partial charge on any atom is -0.354 e. The first-order chi connectivity index (χ1) is 7.06. The quantitative estimate of drug-likeness (QED) is 0.507. The Morgan fingerprint density at radius 1 is 1.07 bits per heavy atom. The van der Waals surface area contributed by atoms with Crippen LogP contribution < -0.4 is 16.0 Å². The zero-order valence-electron chi connectivity index (χ0n) is 9.72. The Morgan fingerprint density at radius 2 is 1.60 bits per heavy atom. The largest absolute Gasteiger partial charge is 0.354 e. The van der Waals surface area contributed by atoms with E-state index in [1.54, 1.807) is 6.92 Å². The van der Waals surface area contributed by atoms with E-state index < -0.39 is 0 Å². The molecule has 0 fully saturated rings. The van der Waals surface area contributed by atoms with Crippen LogP contribution in [0.25, 0.3) is 0 Å². The Hall–Kier alpha value is -1.10. The lowest BCUT2D eigenvalue weighted by Gasteiger charge is -2.09. The fourth-order valence-corrected chi connectivity index (χ4v) is 0.888. The highest BCUT2D eigenvalue weighted by atomic mass is 16.2. The highest BCUT2D eigenvalue weighted by Crippen LogP contribution is 1.75. The van der Waals surface area contributed by atoms with Crippen LogP contribution in [0.2, 0.25) is 0 Å². The normalized spacial score (nSPS) is 10.1. The van der Waals surface area contributed by atoms with Crippen molar-refractivity contribution in [1.29, 1.82) is 0 Å². The Bertz CT molecular complexity index is 205. The van der Waals surface area contributed by atoms with Gasteiger partial charge in [-0.3, -0.25) is 9.59 Å². The van der Waals surface area contributed by atoms with Crippen molar-refractivity contribution in [3.63, 3.8) is 0 Å². The van der Waals surface area contributed by atoms with Gasteiger partial charge in [-0.15, -0.1) is 0 Å². The standard InChI is InChI=1S/C10H21N3O2/c1-4-9(14)11-5-6-12-10(15)7-13-8(2)3/h8,13H,4-7H2,1-3H3,(H,11,14)(H,12,15). The average molecular weight is 215 g/mol. The van der Waals surface area contributed by atoms with E-state index in [-0.39, 0.29) is 11.8 Å². The van der Waals surface area contributed by atoms with Crippen molar-refractivity contribution in [3.05, 3.63) is 0 Å².